The van der Waals surface area contributed by atoms with E-state index in [1.54, 1.807) is 12.1 Å². The van der Waals surface area contributed by atoms with Gasteiger partial charge in [-0.2, -0.15) is 0 Å². The molecule has 0 aromatic heterocycles. The molecular formula is C21H27N3O6S. The number of carbonyl (C=O) groups is 1. The van der Waals surface area contributed by atoms with Crippen molar-refractivity contribution in [3.05, 3.63) is 58.1 Å². The zero-order chi connectivity index (χ0) is 23.2. The summed E-state index contributed by atoms with van der Waals surface area (Å²) in [7, 11) is -2.78. The van der Waals surface area contributed by atoms with Crippen molar-refractivity contribution in [2.45, 2.75) is 44.6 Å². The maximum Gasteiger partial charge on any atom is 0.273 e. The molecule has 0 radical (unpaired) electrons. The van der Waals surface area contributed by atoms with Crippen molar-refractivity contribution in [2.75, 3.05) is 18.0 Å². The normalized spacial score (nSPS) is 12.1. The number of aryl methyl sites for hydroxylation is 1. The van der Waals surface area contributed by atoms with Crippen molar-refractivity contribution >= 4 is 27.3 Å². The fraction of sp³-hybridized carbons (Fsp3) is 0.381. The smallest absolute Gasteiger partial charge is 0.273 e. The molecular weight excluding hydrogens is 422 g/mol. The van der Waals surface area contributed by atoms with Gasteiger partial charge < -0.3 is 10.1 Å². The lowest BCUT2D eigenvalue weighted by Gasteiger charge is -2.25. The van der Waals surface area contributed by atoms with Gasteiger partial charge in [0.15, 0.2) is 0 Å². The fourth-order valence-electron chi connectivity index (χ4n) is 3.09. The quantitative estimate of drug-likeness (QED) is 0.439. The topological polar surface area (TPSA) is 119 Å². The van der Waals surface area contributed by atoms with Crippen LogP contribution in [0, 0.1) is 17.0 Å². The molecule has 0 fully saturated rings. The first-order valence-electron chi connectivity index (χ1n) is 9.81. The second-order valence-electron chi connectivity index (χ2n) is 7.17. The van der Waals surface area contributed by atoms with E-state index in [1.807, 2.05) is 13.8 Å². The number of nitrogens with one attached hydrogen (secondary N) is 1. The second-order valence-corrected chi connectivity index (χ2v) is 9.03. The van der Waals surface area contributed by atoms with E-state index >= 15 is 0 Å². The molecule has 2 aromatic carbocycles. The first-order valence-corrected chi connectivity index (χ1v) is 11.2. The minimum Gasteiger partial charge on any atom is -0.497 e. The zero-order valence-electron chi connectivity index (χ0n) is 18.0. The standard InChI is InChI=1S/C21H27N3O6S/c1-5-6-16(3)22-21(25)14-23(17-8-10-18(30-4)11-9-17)31(28,29)19-12-7-15(2)20(13-19)24(26)27/h7-13,16H,5-6,14H2,1-4H3,(H,22,25)/t16-/m0/s1. The van der Waals surface area contributed by atoms with Crippen LogP contribution in [0.25, 0.3) is 0 Å². The number of anilines is 1. The number of sulfonamides is 1. The third-order valence-electron chi connectivity index (χ3n) is 4.74. The number of hydrogen-bond acceptors (Lipinski definition) is 6. The summed E-state index contributed by atoms with van der Waals surface area (Å²) in [6.07, 6.45) is 1.63. The van der Waals surface area contributed by atoms with E-state index in [-0.39, 0.29) is 22.3 Å². The SMILES string of the molecule is CCC[C@H](C)NC(=O)CN(c1ccc(OC)cc1)S(=O)(=O)c1ccc(C)c([N+](=O)[O-])c1. The van der Waals surface area contributed by atoms with Gasteiger partial charge in [-0.25, -0.2) is 8.42 Å². The largest absolute Gasteiger partial charge is 0.497 e. The first kappa shape index (κ1) is 24.1. The summed E-state index contributed by atoms with van der Waals surface area (Å²) in [4.78, 5) is 23.0. The van der Waals surface area contributed by atoms with E-state index in [0.29, 0.717) is 11.3 Å². The molecule has 0 aliphatic heterocycles. The van der Waals surface area contributed by atoms with Crippen molar-refractivity contribution in [1.29, 1.82) is 0 Å². The van der Waals surface area contributed by atoms with Gasteiger partial charge in [-0.1, -0.05) is 19.4 Å². The van der Waals surface area contributed by atoms with Crippen molar-refractivity contribution < 1.29 is 22.9 Å². The average Bonchev–Trinajstić information content (AvgIpc) is 2.72. The van der Waals surface area contributed by atoms with Crippen LogP contribution in [0.2, 0.25) is 0 Å². The molecule has 1 N–H and O–H groups in total. The molecule has 31 heavy (non-hydrogen) atoms. The Bertz CT molecular complexity index is 1040. The molecule has 0 saturated carbocycles. The highest BCUT2D eigenvalue weighted by Crippen LogP contribution is 2.29. The third-order valence-corrected chi connectivity index (χ3v) is 6.51. The second kappa shape index (κ2) is 10.3. The molecule has 0 spiro atoms. The Hall–Kier alpha value is -3.14. The maximum absolute atomic E-state index is 13.4. The summed E-state index contributed by atoms with van der Waals surface area (Å²) in [6, 6.07) is 9.76. The molecule has 9 nitrogen and oxygen atoms in total. The van der Waals surface area contributed by atoms with Gasteiger partial charge in [-0.15, -0.1) is 0 Å². The van der Waals surface area contributed by atoms with Gasteiger partial charge in [-0.05, 0) is 50.6 Å². The van der Waals surface area contributed by atoms with Crippen LogP contribution in [0.4, 0.5) is 11.4 Å². The molecule has 0 aliphatic rings. The number of carbonyl (C=O) groups excluding carboxylic acids is 1. The molecule has 0 aliphatic carbocycles. The molecule has 1 atom stereocenters. The van der Waals surface area contributed by atoms with Gasteiger partial charge in [0.05, 0.1) is 22.6 Å². The third kappa shape index (κ3) is 5.94. The van der Waals surface area contributed by atoms with Gasteiger partial charge >= 0.3 is 0 Å². The molecule has 0 bridgehead atoms. The van der Waals surface area contributed by atoms with Crippen molar-refractivity contribution in [2.24, 2.45) is 0 Å². The molecule has 168 valence electrons. The Morgan fingerprint density at radius 3 is 2.42 bits per heavy atom. The minimum atomic E-state index is -4.26. The number of methoxy groups -OCH3 is 1. The van der Waals surface area contributed by atoms with Crippen LogP contribution in [-0.4, -0.2) is 38.9 Å². The van der Waals surface area contributed by atoms with Crippen molar-refractivity contribution in [3.8, 4) is 5.75 Å². The highest BCUT2D eigenvalue weighted by atomic mass is 32.2. The lowest BCUT2D eigenvalue weighted by atomic mass is 10.2. The number of hydrogen-bond donors (Lipinski definition) is 1. The lowest BCUT2D eigenvalue weighted by Crippen LogP contribution is -2.43. The molecule has 0 unspecified atom stereocenters. The fourth-order valence-corrected chi connectivity index (χ4v) is 4.53. The Labute approximate surface area is 182 Å². The van der Waals surface area contributed by atoms with Crippen LogP contribution in [-0.2, 0) is 14.8 Å². The highest BCUT2D eigenvalue weighted by Gasteiger charge is 2.29. The van der Waals surface area contributed by atoms with E-state index in [9.17, 15) is 23.3 Å². The molecule has 10 heteroatoms. The summed E-state index contributed by atoms with van der Waals surface area (Å²) in [6.45, 7) is 4.89. The Morgan fingerprint density at radius 2 is 1.87 bits per heavy atom. The number of amides is 1. The number of rotatable bonds is 10. The van der Waals surface area contributed by atoms with E-state index in [1.165, 1.54) is 38.3 Å². The zero-order valence-corrected chi connectivity index (χ0v) is 18.8. The molecule has 0 saturated heterocycles. The van der Waals surface area contributed by atoms with E-state index in [4.69, 9.17) is 4.74 Å². The number of benzene rings is 2. The summed E-state index contributed by atoms with van der Waals surface area (Å²) in [5.41, 5.74) is 0.269. The Balaban J connectivity index is 2.48. The highest BCUT2D eigenvalue weighted by molar-refractivity contribution is 7.92. The van der Waals surface area contributed by atoms with E-state index in [2.05, 4.69) is 5.32 Å². The average molecular weight is 450 g/mol. The summed E-state index contributed by atoms with van der Waals surface area (Å²) in [5.74, 6) is 0.0510. The number of nitrogens with zero attached hydrogens (tertiary/aromatic N) is 2. The van der Waals surface area contributed by atoms with Crippen LogP contribution in [0.15, 0.2) is 47.4 Å². The van der Waals surface area contributed by atoms with Crippen LogP contribution < -0.4 is 14.4 Å². The van der Waals surface area contributed by atoms with Crippen LogP contribution >= 0.6 is 0 Å². The lowest BCUT2D eigenvalue weighted by molar-refractivity contribution is -0.385. The predicted octanol–water partition coefficient (Wildman–Crippen LogP) is 3.41. The monoisotopic (exact) mass is 449 g/mol. The van der Waals surface area contributed by atoms with Crippen LogP contribution in [0.3, 0.4) is 0 Å². The number of nitro groups is 1. The number of ether oxygens (including phenoxy) is 1. The summed E-state index contributed by atoms with van der Waals surface area (Å²) < 4.78 is 32.9. The van der Waals surface area contributed by atoms with Crippen LogP contribution in [0.5, 0.6) is 5.75 Å². The minimum absolute atomic E-state index is 0.113. The van der Waals surface area contributed by atoms with Crippen molar-refractivity contribution in [1.82, 2.24) is 5.32 Å². The first-order chi connectivity index (χ1) is 14.6. The van der Waals surface area contributed by atoms with Gasteiger partial charge in [0.1, 0.15) is 12.3 Å². The van der Waals surface area contributed by atoms with Crippen LogP contribution in [0.1, 0.15) is 32.3 Å². The van der Waals surface area contributed by atoms with Gasteiger partial charge in [0, 0.05) is 17.7 Å². The van der Waals surface area contributed by atoms with Gasteiger partial charge in [-0.3, -0.25) is 19.2 Å². The Kier molecular flexibility index (Phi) is 7.98. The predicted molar refractivity (Wildman–Crippen MR) is 118 cm³/mol. The van der Waals surface area contributed by atoms with E-state index < -0.39 is 27.4 Å². The van der Waals surface area contributed by atoms with Gasteiger partial charge in [0.25, 0.3) is 15.7 Å². The maximum atomic E-state index is 13.4. The molecule has 2 aromatic rings. The van der Waals surface area contributed by atoms with Crippen molar-refractivity contribution in [3.63, 3.8) is 0 Å². The molecule has 1 amide bonds. The summed E-state index contributed by atoms with van der Waals surface area (Å²) in [5, 5.41) is 14.1. The van der Waals surface area contributed by atoms with Gasteiger partial charge in [0.2, 0.25) is 5.91 Å². The summed E-state index contributed by atoms with van der Waals surface area (Å²) >= 11 is 0. The Morgan fingerprint density at radius 1 is 1.23 bits per heavy atom. The molecule has 0 heterocycles. The molecule has 2 rings (SSSR count). The van der Waals surface area contributed by atoms with E-state index in [0.717, 1.165) is 23.2 Å². The number of nitro benzene ring substituents is 1.